The van der Waals surface area contributed by atoms with E-state index in [0.717, 1.165) is 11.3 Å². The lowest BCUT2D eigenvalue weighted by Crippen LogP contribution is -2.22. The molecule has 0 spiro atoms. The van der Waals surface area contributed by atoms with Crippen LogP contribution >= 0.6 is 11.3 Å². The van der Waals surface area contributed by atoms with Crippen molar-refractivity contribution in [3.05, 3.63) is 71.6 Å². The first kappa shape index (κ1) is 18.0. The van der Waals surface area contributed by atoms with Crippen molar-refractivity contribution in [2.45, 2.75) is 4.21 Å². The number of nitrogens with one attached hydrogen (secondary N) is 1. The highest BCUT2D eigenvalue weighted by atomic mass is 32.2. The molecular weight excluding hydrogens is 372 g/mol. The number of ether oxygens (including phenoxy) is 1. The molecule has 0 saturated heterocycles. The van der Waals surface area contributed by atoms with Gasteiger partial charge in [-0.2, -0.15) is 0 Å². The minimum Gasteiger partial charge on any atom is -0.858 e. The van der Waals surface area contributed by atoms with E-state index in [4.69, 9.17) is 4.74 Å². The fourth-order valence-electron chi connectivity index (χ4n) is 2.23. The molecule has 1 aromatic heterocycles. The Balaban J connectivity index is 1.95. The van der Waals surface area contributed by atoms with Gasteiger partial charge in [0.1, 0.15) is 9.96 Å². The van der Waals surface area contributed by atoms with Crippen LogP contribution in [0.25, 0.3) is 0 Å². The summed E-state index contributed by atoms with van der Waals surface area (Å²) in [5.41, 5.74) is 0.762. The van der Waals surface area contributed by atoms with Crippen LogP contribution in [-0.2, 0) is 10.0 Å². The zero-order valence-electron chi connectivity index (χ0n) is 13.7. The Labute approximate surface area is 155 Å². The molecule has 134 valence electrons. The molecule has 1 heterocycles. The van der Waals surface area contributed by atoms with Crippen molar-refractivity contribution >= 4 is 38.6 Å². The van der Waals surface area contributed by atoms with E-state index in [-0.39, 0.29) is 15.5 Å². The zero-order chi connectivity index (χ0) is 18.6. The van der Waals surface area contributed by atoms with Crippen molar-refractivity contribution in [2.24, 2.45) is 4.99 Å². The highest BCUT2D eigenvalue weighted by Gasteiger charge is 2.16. The second kappa shape index (κ2) is 7.59. The van der Waals surface area contributed by atoms with Crippen LogP contribution in [0.2, 0.25) is 0 Å². The van der Waals surface area contributed by atoms with E-state index in [1.807, 2.05) is 0 Å². The molecule has 0 bridgehead atoms. The summed E-state index contributed by atoms with van der Waals surface area (Å²) >= 11 is 1.10. The molecular formula is C18H15N2O4S2-. The maximum atomic E-state index is 12.6. The fraction of sp³-hybridized carbons (Fsp3) is 0.0556. The Morgan fingerprint density at radius 2 is 1.92 bits per heavy atom. The minimum atomic E-state index is -3.75. The smallest absolute Gasteiger partial charge is 0.271 e. The molecule has 0 aliphatic rings. The molecule has 6 nitrogen and oxygen atoms in total. The van der Waals surface area contributed by atoms with E-state index in [2.05, 4.69) is 9.71 Å². The first-order valence-corrected chi connectivity index (χ1v) is 9.91. The molecule has 0 aliphatic heterocycles. The molecule has 0 saturated carbocycles. The average molecular weight is 387 g/mol. The van der Waals surface area contributed by atoms with Gasteiger partial charge in [-0.15, -0.1) is 11.3 Å². The van der Waals surface area contributed by atoms with Gasteiger partial charge in [0.15, 0.2) is 0 Å². The average Bonchev–Trinajstić information content (AvgIpc) is 3.17. The number of thiophene rings is 1. The number of benzene rings is 2. The number of methoxy groups -OCH3 is 1. The molecule has 0 fully saturated rings. The number of hydrogen-bond acceptors (Lipinski definition) is 6. The maximum Gasteiger partial charge on any atom is 0.271 e. The Morgan fingerprint density at radius 1 is 1.12 bits per heavy atom. The number of nitrogens with zero attached hydrogens (tertiary/aromatic N) is 1. The van der Waals surface area contributed by atoms with Crippen LogP contribution in [0, 0.1) is 0 Å². The highest BCUT2D eigenvalue weighted by Crippen LogP contribution is 2.24. The van der Waals surface area contributed by atoms with Crippen molar-refractivity contribution in [1.82, 2.24) is 0 Å². The van der Waals surface area contributed by atoms with Gasteiger partial charge < -0.3 is 9.84 Å². The van der Waals surface area contributed by atoms with Crippen LogP contribution in [0.3, 0.4) is 0 Å². The second-order valence-electron chi connectivity index (χ2n) is 5.20. The molecule has 2 aromatic carbocycles. The molecule has 0 unspecified atom stereocenters. The van der Waals surface area contributed by atoms with E-state index < -0.39 is 15.9 Å². The molecule has 3 rings (SSSR count). The van der Waals surface area contributed by atoms with Crippen LogP contribution in [0.15, 0.2) is 75.2 Å². The van der Waals surface area contributed by atoms with Crippen molar-refractivity contribution in [3.63, 3.8) is 0 Å². The number of hydrogen-bond donors (Lipinski definition) is 1. The number of aliphatic imine (C=N–C) groups is 1. The third-order valence-electron chi connectivity index (χ3n) is 3.45. The topological polar surface area (TPSA) is 90.8 Å². The fourth-order valence-corrected chi connectivity index (χ4v) is 4.30. The summed E-state index contributed by atoms with van der Waals surface area (Å²) in [6.45, 7) is 0. The van der Waals surface area contributed by atoms with Crippen molar-refractivity contribution in [3.8, 4) is 5.75 Å². The van der Waals surface area contributed by atoms with Crippen LogP contribution in [0.4, 0.5) is 11.4 Å². The van der Waals surface area contributed by atoms with E-state index in [0.29, 0.717) is 11.4 Å². The molecule has 0 atom stereocenters. The predicted octanol–water partition coefficient (Wildman–Crippen LogP) is 3.00. The lowest BCUT2D eigenvalue weighted by atomic mass is 10.2. The van der Waals surface area contributed by atoms with Crippen LogP contribution in [0.5, 0.6) is 5.75 Å². The van der Waals surface area contributed by atoms with Crippen LogP contribution in [-0.4, -0.2) is 21.4 Å². The number of sulfonamides is 1. The summed E-state index contributed by atoms with van der Waals surface area (Å²) in [5.74, 6) is 0.0217. The zero-order valence-corrected chi connectivity index (χ0v) is 15.4. The standard InChI is InChI=1S/C18H16N2O4S2/c1-24-14-7-4-6-13(12-14)19-18(21)15-8-2-3-9-16(15)20-26(22,23)17-10-5-11-25-17/h2-12,20H,1H3,(H,19,21)/p-1. The largest absolute Gasteiger partial charge is 0.858 e. The lowest BCUT2D eigenvalue weighted by molar-refractivity contribution is -0.212. The number of anilines is 1. The SMILES string of the molecule is COc1cccc(N=C([O-])c2ccccc2NS(=O)(=O)c2cccs2)c1. The first-order chi connectivity index (χ1) is 12.5. The van der Waals surface area contributed by atoms with Gasteiger partial charge in [-0.05, 0) is 35.5 Å². The summed E-state index contributed by atoms with van der Waals surface area (Å²) in [6, 6.07) is 16.2. The van der Waals surface area contributed by atoms with Gasteiger partial charge in [-0.1, -0.05) is 30.3 Å². The Bertz CT molecular complexity index is 1030. The van der Waals surface area contributed by atoms with Gasteiger partial charge in [0.2, 0.25) is 0 Å². The quantitative estimate of drug-likeness (QED) is 0.520. The molecule has 8 heteroatoms. The summed E-state index contributed by atoms with van der Waals surface area (Å²) in [5, 5.41) is 14.2. The Hall–Kier alpha value is -2.84. The minimum absolute atomic E-state index is 0.162. The molecule has 0 radical (unpaired) electrons. The summed E-state index contributed by atoms with van der Waals surface area (Å²) < 4.78 is 32.6. The third-order valence-corrected chi connectivity index (χ3v) is 6.21. The Morgan fingerprint density at radius 3 is 2.65 bits per heavy atom. The van der Waals surface area contributed by atoms with Gasteiger partial charge in [0.25, 0.3) is 10.0 Å². The molecule has 3 aromatic rings. The monoisotopic (exact) mass is 387 g/mol. The summed E-state index contributed by atoms with van der Waals surface area (Å²) in [6.07, 6.45) is 0. The van der Waals surface area contributed by atoms with Gasteiger partial charge in [-0.25, -0.2) is 8.42 Å². The predicted molar refractivity (Wildman–Crippen MR) is 101 cm³/mol. The van der Waals surface area contributed by atoms with E-state index in [1.54, 1.807) is 47.8 Å². The first-order valence-electron chi connectivity index (χ1n) is 7.55. The van der Waals surface area contributed by atoms with Gasteiger partial charge in [0, 0.05) is 11.6 Å². The summed E-state index contributed by atoms with van der Waals surface area (Å²) in [7, 11) is -2.23. The van der Waals surface area contributed by atoms with Crippen molar-refractivity contribution in [2.75, 3.05) is 11.8 Å². The van der Waals surface area contributed by atoms with Crippen molar-refractivity contribution < 1.29 is 18.3 Å². The van der Waals surface area contributed by atoms with E-state index in [9.17, 15) is 13.5 Å². The van der Waals surface area contributed by atoms with E-state index in [1.165, 1.54) is 25.3 Å². The van der Waals surface area contributed by atoms with Gasteiger partial charge in [-0.3, -0.25) is 9.71 Å². The molecule has 26 heavy (non-hydrogen) atoms. The van der Waals surface area contributed by atoms with Gasteiger partial charge in [0.05, 0.1) is 18.5 Å². The molecule has 0 amide bonds. The van der Waals surface area contributed by atoms with E-state index >= 15 is 0 Å². The maximum absolute atomic E-state index is 12.6. The normalized spacial score (nSPS) is 12.0. The van der Waals surface area contributed by atoms with Crippen molar-refractivity contribution in [1.29, 1.82) is 0 Å². The number of para-hydroxylation sites is 1. The molecule has 0 aliphatic carbocycles. The van der Waals surface area contributed by atoms with Gasteiger partial charge >= 0.3 is 0 Å². The Kier molecular flexibility index (Phi) is 5.24. The lowest BCUT2D eigenvalue weighted by Gasteiger charge is -2.16. The highest BCUT2D eigenvalue weighted by molar-refractivity contribution is 7.94. The van der Waals surface area contributed by atoms with Crippen LogP contribution in [0.1, 0.15) is 5.56 Å². The molecule has 1 N–H and O–H groups in total. The second-order valence-corrected chi connectivity index (χ2v) is 8.06. The summed E-state index contributed by atoms with van der Waals surface area (Å²) in [4.78, 5) is 4.04. The third kappa shape index (κ3) is 4.04. The number of rotatable bonds is 6. The van der Waals surface area contributed by atoms with Crippen LogP contribution < -0.4 is 14.6 Å².